The van der Waals surface area contributed by atoms with Gasteiger partial charge in [0.1, 0.15) is 29.8 Å². The first-order chi connectivity index (χ1) is 16.1. The molecule has 1 atom stereocenters. The number of nitrogens with zero attached hydrogens (tertiary/aromatic N) is 4. The van der Waals surface area contributed by atoms with E-state index in [2.05, 4.69) is 48.7 Å². The number of amidine groups is 1. The van der Waals surface area contributed by atoms with Gasteiger partial charge in [-0.15, -0.1) is 0 Å². The second kappa shape index (κ2) is 8.87. The molecule has 5 N–H and O–H groups in total. The molecule has 0 aliphatic carbocycles. The van der Waals surface area contributed by atoms with E-state index < -0.39 is 0 Å². The molecule has 0 fully saturated rings. The molecule has 2 aromatic carbocycles. The number of methoxy groups -OCH3 is 1. The van der Waals surface area contributed by atoms with Crippen LogP contribution in [0.5, 0.6) is 5.75 Å². The summed E-state index contributed by atoms with van der Waals surface area (Å²) in [6.07, 6.45) is 5.82. The minimum atomic E-state index is -0.353. The van der Waals surface area contributed by atoms with Gasteiger partial charge in [-0.2, -0.15) is 0 Å². The smallest absolute Gasteiger partial charge is 0.195 e. The zero-order chi connectivity index (χ0) is 22.8. The fraction of sp³-hybridized carbons (Fsp3) is 0.250. The monoisotopic (exact) mass is 442 g/mol. The lowest BCUT2D eigenvalue weighted by atomic mass is 9.92. The normalized spacial score (nSPS) is 17.2. The minimum absolute atomic E-state index is 0.291. The van der Waals surface area contributed by atoms with Gasteiger partial charge >= 0.3 is 0 Å². The van der Waals surface area contributed by atoms with Crippen LogP contribution in [0.25, 0.3) is 11.1 Å². The van der Waals surface area contributed by atoms with Crippen molar-refractivity contribution in [3.05, 3.63) is 71.8 Å². The predicted octanol–water partition coefficient (Wildman–Crippen LogP) is 2.33. The van der Waals surface area contributed by atoms with Gasteiger partial charge in [0.05, 0.1) is 13.7 Å². The molecule has 3 heterocycles. The summed E-state index contributed by atoms with van der Waals surface area (Å²) in [5, 5.41) is 15.0. The number of hydrogen-bond donors (Lipinski definition) is 4. The highest BCUT2D eigenvalue weighted by atomic mass is 16.5. The van der Waals surface area contributed by atoms with E-state index in [9.17, 15) is 0 Å². The van der Waals surface area contributed by atoms with Gasteiger partial charge in [0.25, 0.3) is 0 Å². The fourth-order valence-corrected chi connectivity index (χ4v) is 4.47. The first-order valence-corrected chi connectivity index (χ1v) is 10.8. The van der Waals surface area contributed by atoms with Crippen LogP contribution < -0.4 is 21.1 Å². The van der Waals surface area contributed by atoms with Crippen molar-refractivity contribution in [2.45, 2.75) is 19.1 Å². The topological polar surface area (TPSA) is 125 Å². The van der Waals surface area contributed by atoms with Crippen molar-refractivity contribution in [3.8, 4) is 16.9 Å². The summed E-state index contributed by atoms with van der Waals surface area (Å²) < 4.78 is 5.43. The zero-order valence-corrected chi connectivity index (χ0v) is 18.4. The summed E-state index contributed by atoms with van der Waals surface area (Å²) in [7, 11) is 1.61. The van der Waals surface area contributed by atoms with E-state index >= 15 is 0 Å². The number of aromatic nitrogens is 2. The highest BCUT2D eigenvalue weighted by molar-refractivity contribution is 5.88. The van der Waals surface area contributed by atoms with Crippen molar-refractivity contribution < 1.29 is 4.74 Å². The molecule has 3 aromatic rings. The second-order valence-corrected chi connectivity index (χ2v) is 8.13. The van der Waals surface area contributed by atoms with Gasteiger partial charge in [-0.3, -0.25) is 10.3 Å². The third kappa shape index (κ3) is 4.22. The number of ether oxygens (including phenoxy) is 1. The van der Waals surface area contributed by atoms with E-state index in [-0.39, 0.29) is 6.17 Å². The number of rotatable bonds is 5. The molecule has 0 amide bonds. The standard InChI is InChI=1S/C24H26N8O/c1-33-20-7-3-6-18-22(20)30-24(26)31-23(18)29-21(25)13-32-9-8-15-4-2-5-17(19(15)12-32)16-10-27-14-28-11-16/h2-7,10-11,14,23H,8-9,12-13H2,1H3,(H2,25,29)(H3,26,30,31). The second-order valence-electron chi connectivity index (χ2n) is 8.13. The van der Waals surface area contributed by atoms with Crippen molar-refractivity contribution in [2.24, 2.45) is 10.7 Å². The van der Waals surface area contributed by atoms with Gasteiger partial charge in [-0.1, -0.05) is 30.3 Å². The number of hydrogen-bond acceptors (Lipinski definition) is 8. The number of aliphatic imine (C=N–C) groups is 1. The molecule has 0 bridgehead atoms. The minimum Gasteiger partial charge on any atom is -0.494 e. The van der Waals surface area contributed by atoms with Crippen LogP contribution in [-0.2, 0) is 13.0 Å². The number of nitrogens with two attached hydrogens (primary N) is 1. The molecule has 5 rings (SSSR count). The summed E-state index contributed by atoms with van der Waals surface area (Å²) >= 11 is 0. The van der Waals surface area contributed by atoms with Crippen LogP contribution in [0.4, 0.5) is 5.69 Å². The molecule has 0 saturated carbocycles. The van der Waals surface area contributed by atoms with Crippen LogP contribution in [0.1, 0.15) is 22.9 Å². The molecular weight excluding hydrogens is 416 g/mol. The number of para-hydroxylation sites is 1. The summed E-state index contributed by atoms with van der Waals surface area (Å²) in [6, 6.07) is 12.1. The Morgan fingerprint density at radius 1 is 1.24 bits per heavy atom. The summed E-state index contributed by atoms with van der Waals surface area (Å²) in [6.45, 7) is 2.14. The Balaban J connectivity index is 1.31. The highest BCUT2D eigenvalue weighted by Crippen LogP contribution is 2.36. The van der Waals surface area contributed by atoms with Crippen molar-refractivity contribution >= 4 is 17.5 Å². The molecule has 33 heavy (non-hydrogen) atoms. The third-order valence-corrected chi connectivity index (χ3v) is 6.01. The Bertz CT molecular complexity index is 1210. The lowest BCUT2D eigenvalue weighted by Crippen LogP contribution is -2.48. The maximum Gasteiger partial charge on any atom is 0.195 e. The first kappa shape index (κ1) is 20.9. The van der Waals surface area contributed by atoms with Crippen LogP contribution >= 0.6 is 0 Å². The highest BCUT2D eigenvalue weighted by Gasteiger charge is 2.25. The van der Waals surface area contributed by atoms with Crippen LogP contribution in [0.3, 0.4) is 0 Å². The number of nitrogens with one attached hydrogen (secondary N) is 3. The van der Waals surface area contributed by atoms with Crippen LogP contribution in [-0.4, -0.2) is 46.9 Å². The molecule has 0 saturated heterocycles. The Hall–Kier alpha value is -3.98. The molecular formula is C24H26N8O. The lowest BCUT2D eigenvalue weighted by Gasteiger charge is -2.32. The number of guanidine groups is 1. The fourth-order valence-electron chi connectivity index (χ4n) is 4.47. The van der Waals surface area contributed by atoms with E-state index in [0.29, 0.717) is 29.8 Å². The lowest BCUT2D eigenvalue weighted by molar-refractivity contribution is 0.286. The molecule has 2 aliphatic heterocycles. The predicted molar refractivity (Wildman–Crippen MR) is 127 cm³/mol. The molecule has 9 nitrogen and oxygen atoms in total. The van der Waals surface area contributed by atoms with Crippen molar-refractivity contribution in [1.82, 2.24) is 25.5 Å². The van der Waals surface area contributed by atoms with Crippen molar-refractivity contribution in [2.75, 3.05) is 20.2 Å². The van der Waals surface area contributed by atoms with Gasteiger partial charge in [0.15, 0.2) is 5.96 Å². The summed E-state index contributed by atoms with van der Waals surface area (Å²) in [4.78, 5) is 15.0. The average molecular weight is 443 g/mol. The van der Waals surface area contributed by atoms with Gasteiger partial charge in [0, 0.05) is 36.6 Å². The summed E-state index contributed by atoms with van der Waals surface area (Å²) in [5.41, 5.74) is 12.3. The average Bonchev–Trinajstić information content (AvgIpc) is 2.83. The molecule has 168 valence electrons. The Morgan fingerprint density at radius 2 is 2.06 bits per heavy atom. The summed E-state index contributed by atoms with van der Waals surface area (Å²) in [5.74, 6) is 1.35. The molecule has 2 aliphatic rings. The third-order valence-electron chi connectivity index (χ3n) is 6.01. The Kier molecular flexibility index (Phi) is 5.62. The first-order valence-electron chi connectivity index (χ1n) is 10.8. The maximum absolute atomic E-state index is 8.64. The van der Waals surface area contributed by atoms with Gasteiger partial charge in [0.2, 0.25) is 0 Å². The van der Waals surface area contributed by atoms with Crippen LogP contribution in [0.15, 0.2) is 60.1 Å². The number of benzene rings is 2. The van der Waals surface area contributed by atoms with Gasteiger partial charge in [-0.25, -0.2) is 15.0 Å². The van der Waals surface area contributed by atoms with E-state index in [1.807, 2.05) is 30.6 Å². The van der Waals surface area contributed by atoms with Crippen molar-refractivity contribution in [3.63, 3.8) is 0 Å². The quantitative estimate of drug-likeness (QED) is 0.353. The molecule has 0 spiro atoms. The molecule has 1 aromatic heterocycles. The van der Waals surface area contributed by atoms with E-state index in [0.717, 1.165) is 36.2 Å². The van der Waals surface area contributed by atoms with Gasteiger partial charge < -0.3 is 21.1 Å². The maximum atomic E-state index is 8.64. The molecule has 0 radical (unpaired) electrons. The SMILES string of the molecule is COc1cccc2c1N=C(N)NC2NC(=N)CN1CCc2cccc(-c3cncnc3)c2C1. The molecule has 9 heteroatoms. The van der Waals surface area contributed by atoms with Crippen LogP contribution in [0.2, 0.25) is 0 Å². The van der Waals surface area contributed by atoms with Gasteiger partial charge in [-0.05, 0) is 29.2 Å². The number of fused-ring (bicyclic) bond motifs is 2. The zero-order valence-electron chi connectivity index (χ0n) is 18.4. The Morgan fingerprint density at radius 3 is 2.88 bits per heavy atom. The van der Waals surface area contributed by atoms with Crippen molar-refractivity contribution in [1.29, 1.82) is 5.41 Å². The van der Waals surface area contributed by atoms with E-state index in [1.54, 1.807) is 13.4 Å². The Labute approximate surface area is 192 Å². The van der Waals surface area contributed by atoms with E-state index in [4.69, 9.17) is 15.9 Å². The molecule has 1 unspecified atom stereocenters. The van der Waals surface area contributed by atoms with E-state index in [1.165, 1.54) is 11.1 Å². The largest absolute Gasteiger partial charge is 0.494 e. The van der Waals surface area contributed by atoms with Crippen LogP contribution in [0, 0.1) is 5.41 Å².